The van der Waals surface area contributed by atoms with Crippen molar-refractivity contribution in [2.24, 2.45) is 0 Å². The molecule has 4 aliphatic heterocycles. The van der Waals surface area contributed by atoms with Gasteiger partial charge in [-0.3, -0.25) is 0 Å². The molecular formula is C40H40B2F4N4. The fourth-order valence-electron chi connectivity index (χ4n) is 10.2. The standard InChI is InChI=1S/C40H40B2F4N4/c1-17-19(3)23(7)39-35-15-33-31-13-30-26(10)48-34(16-36-40-24(8)20(4)18(2)22(6)38(40)28(12)50(36)42(48,45)46)32(30)14-29(31)25(9)47(33)41(43,44)49(35)27(11)37(39)21(17)5/h13-16H,1-12H3. The lowest BCUT2D eigenvalue weighted by atomic mass is 9.88. The smallest absolute Gasteiger partial charge is 0.393 e. The molecule has 0 amide bonds. The van der Waals surface area contributed by atoms with E-state index in [0.29, 0.717) is 67.8 Å². The highest BCUT2D eigenvalue weighted by Crippen LogP contribution is 2.49. The number of aryl methyl sites for hydroxylation is 6. The largest absolute Gasteiger partial charge is 0.737 e. The van der Waals surface area contributed by atoms with Crippen molar-refractivity contribution in [2.45, 2.75) is 83.1 Å². The van der Waals surface area contributed by atoms with Crippen LogP contribution in [0.4, 0.5) is 17.3 Å². The molecule has 0 fully saturated rings. The Kier molecular flexibility index (Phi) is 5.77. The highest BCUT2D eigenvalue weighted by molar-refractivity contribution is 6.60. The minimum atomic E-state index is -4.25. The quantitative estimate of drug-likeness (QED) is 0.115. The van der Waals surface area contributed by atoms with Gasteiger partial charge in [0.25, 0.3) is 0 Å². The van der Waals surface area contributed by atoms with Crippen LogP contribution >= 0.6 is 0 Å². The zero-order valence-corrected chi connectivity index (χ0v) is 30.8. The van der Waals surface area contributed by atoms with Gasteiger partial charge in [-0.2, -0.15) is 0 Å². The van der Waals surface area contributed by atoms with Gasteiger partial charge in [-0.1, -0.05) is 0 Å². The first-order valence-electron chi connectivity index (χ1n) is 17.5. The lowest BCUT2D eigenvalue weighted by Crippen LogP contribution is -2.50. The van der Waals surface area contributed by atoms with Crippen LogP contribution in [0.25, 0.3) is 45.1 Å². The molecule has 254 valence electrons. The number of fused-ring (bicyclic) bond motifs is 12. The Morgan fingerprint density at radius 3 is 1.04 bits per heavy atom. The van der Waals surface area contributed by atoms with Gasteiger partial charge in [0.05, 0.1) is 22.3 Å². The number of halogens is 4. The van der Waals surface area contributed by atoms with E-state index in [1.807, 2.05) is 52.0 Å². The molecule has 0 radical (unpaired) electrons. The predicted molar refractivity (Wildman–Crippen MR) is 200 cm³/mol. The molecular weight excluding hydrogens is 634 g/mol. The molecule has 6 heterocycles. The summed E-state index contributed by atoms with van der Waals surface area (Å²) in [5.41, 5.74) is 14.9. The van der Waals surface area contributed by atoms with Crippen LogP contribution < -0.4 is 0 Å². The van der Waals surface area contributed by atoms with E-state index in [9.17, 15) is 0 Å². The van der Waals surface area contributed by atoms with Crippen LogP contribution in [0.3, 0.4) is 0 Å². The molecule has 0 aliphatic carbocycles. The van der Waals surface area contributed by atoms with E-state index in [4.69, 9.17) is 0 Å². The third-order valence-corrected chi connectivity index (χ3v) is 13.4. The molecule has 0 atom stereocenters. The molecule has 0 unspecified atom stereocenters. The molecule has 0 N–H and O–H groups in total. The van der Waals surface area contributed by atoms with E-state index in [-0.39, 0.29) is 0 Å². The zero-order valence-electron chi connectivity index (χ0n) is 30.8. The van der Waals surface area contributed by atoms with Crippen molar-refractivity contribution >= 4 is 70.5 Å². The Hall–Kier alpha value is -4.59. The fourth-order valence-corrected chi connectivity index (χ4v) is 10.2. The van der Waals surface area contributed by atoms with Gasteiger partial charge in [0.2, 0.25) is 0 Å². The second kappa shape index (κ2) is 9.19. The van der Waals surface area contributed by atoms with Crippen molar-refractivity contribution in [2.75, 3.05) is 0 Å². The van der Waals surface area contributed by atoms with Crippen molar-refractivity contribution in [3.63, 3.8) is 0 Å². The minimum absolute atomic E-state index is 0.418. The molecule has 4 nitrogen and oxygen atoms in total. The zero-order chi connectivity index (χ0) is 36.0. The first-order valence-corrected chi connectivity index (χ1v) is 17.5. The second-order valence-electron chi connectivity index (χ2n) is 15.3. The molecule has 0 saturated heterocycles. The average Bonchev–Trinajstić information content (AvgIpc) is 3.72. The maximum atomic E-state index is 17.1. The summed E-state index contributed by atoms with van der Waals surface area (Å²) in [6.07, 6.45) is 3.78. The molecule has 3 aromatic carbocycles. The van der Waals surface area contributed by atoms with Gasteiger partial charge < -0.3 is 35.2 Å². The molecule has 0 saturated carbocycles. The number of rotatable bonds is 0. The Balaban J connectivity index is 1.33. The van der Waals surface area contributed by atoms with E-state index in [2.05, 4.69) is 27.7 Å². The van der Waals surface area contributed by atoms with Gasteiger partial charge in [-0.05, 0) is 137 Å². The molecule has 0 bridgehead atoms. The number of nitrogens with zero attached hydrogens (tertiary/aromatic N) is 4. The molecule has 50 heavy (non-hydrogen) atoms. The van der Waals surface area contributed by atoms with Crippen LogP contribution in [0, 0.1) is 69.2 Å². The SMILES string of the molecule is CC1=[N+]2C(=Cc3c4c(C)c(C)c(C)c(C)c4c(C)n3[B-]2(F)F)c2cc3c(cc21)C1=Cc2c4c(C)c(C)c(C)c(C)c4c(C)n2[B-](F)(F)[N+]1=C3C. The van der Waals surface area contributed by atoms with Gasteiger partial charge in [-0.25, -0.2) is 0 Å². The molecule has 10 heteroatoms. The van der Waals surface area contributed by atoms with E-state index in [1.165, 1.54) is 17.9 Å². The van der Waals surface area contributed by atoms with Crippen molar-refractivity contribution < 1.29 is 26.2 Å². The van der Waals surface area contributed by atoms with Crippen LogP contribution in [0.15, 0.2) is 12.1 Å². The lowest BCUT2D eigenvalue weighted by Gasteiger charge is -2.30. The lowest BCUT2D eigenvalue weighted by molar-refractivity contribution is -0.318. The Bertz CT molecular complexity index is 2530. The third kappa shape index (κ3) is 3.23. The van der Waals surface area contributed by atoms with E-state index < -0.39 is 13.9 Å². The summed E-state index contributed by atoms with van der Waals surface area (Å²) in [6, 6.07) is 3.74. The minimum Gasteiger partial charge on any atom is -0.393 e. The first kappa shape index (κ1) is 31.4. The monoisotopic (exact) mass is 674 g/mol. The molecule has 4 aliphatic rings. The topological polar surface area (TPSA) is 15.9 Å². The number of aromatic nitrogens is 2. The molecule has 5 aromatic rings. The van der Waals surface area contributed by atoms with Crippen LogP contribution in [0.5, 0.6) is 0 Å². The van der Waals surface area contributed by atoms with E-state index in [0.717, 1.165) is 66.1 Å². The summed E-state index contributed by atoms with van der Waals surface area (Å²) in [7, 11) is 0. The maximum Gasteiger partial charge on any atom is 0.737 e. The van der Waals surface area contributed by atoms with Crippen LogP contribution in [0.2, 0.25) is 0 Å². The Morgan fingerprint density at radius 2 is 0.720 bits per heavy atom. The van der Waals surface area contributed by atoms with Gasteiger partial charge in [0, 0.05) is 58.9 Å². The summed E-state index contributed by atoms with van der Waals surface area (Å²) in [4.78, 5) is 0. The summed E-state index contributed by atoms with van der Waals surface area (Å²) in [5.74, 6) is 0. The Morgan fingerprint density at radius 1 is 0.420 bits per heavy atom. The summed E-state index contributed by atoms with van der Waals surface area (Å²) in [5, 5.41) is 3.48. The molecule has 0 spiro atoms. The first-order chi connectivity index (χ1) is 23.3. The van der Waals surface area contributed by atoms with Crippen molar-refractivity contribution in [3.05, 3.63) is 102 Å². The predicted octanol–water partition coefficient (Wildman–Crippen LogP) is 9.82. The van der Waals surface area contributed by atoms with E-state index >= 15 is 17.3 Å². The highest BCUT2D eigenvalue weighted by Gasteiger charge is 2.58. The van der Waals surface area contributed by atoms with Gasteiger partial charge in [0.1, 0.15) is 11.4 Å². The van der Waals surface area contributed by atoms with Crippen LogP contribution in [0.1, 0.15) is 103 Å². The highest BCUT2D eigenvalue weighted by atomic mass is 19.3. The number of benzene rings is 3. The summed E-state index contributed by atoms with van der Waals surface area (Å²) < 4.78 is 73.2. The molecule has 2 aromatic heterocycles. The van der Waals surface area contributed by atoms with Crippen molar-refractivity contribution in [1.82, 2.24) is 8.96 Å². The van der Waals surface area contributed by atoms with Gasteiger partial charge in [-0.15, -0.1) is 0 Å². The van der Waals surface area contributed by atoms with Crippen molar-refractivity contribution in [1.29, 1.82) is 0 Å². The second-order valence-corrected chi connectivity index (χ2v) is 15.3. The van der Waals surface area contributed by atoms with Crippen LogP contribution in [-0.4, -0.2) is 43.3 Å². The fraction of sp³-hybridized carbons (Fsp3) is 0.300. The molecule has 9 rings (SSSR count). The van der Waals surface area contributed by atoms with E-state index in [1.54, 1.807) is 27.7 Å². The number of hydrogen-bond acceptors (Lipinski definition) is 0. The van der Waals surface area contributed by atoms with Crippen LogP contribution in [-0.2, 0) is 0 Å². The average molecular weight is 674 g/mol. The number of hydrogen-bond donors (Lipinski definition) is 0. The maximum absolute atomic E-state index is 17.1. The van der Waals surface area contributed by atoms with Gasteiger partial charge >= 0.3 is 13.9 Å². The normalized spacial score (nSPS) is 18.0. The van der Waals surface area contributed by atoms with Gasteiger partial charge in [0.15, 0.2) is 11.4 Å². The third-order valence-electron chi connectivity index (χ3n) is 13.4. The summed E-state index contributed by atoms with van der Waals surface area (Å²) >= 11 is 0. The van der Waals surface area contributed by atoms with Crippen molar-refractivity contribution in [3.8, 4) is 0 Å². The summed E-state index contributed by atoms with van der Waals surface area (Å²) in [6.45, 7) is 14.8. The Labute approximate surface area is 289 Å².